The zero-order chi connectivity index (χ0) is 54.5. The molecule has 0 saturated heterocycles. The largest absolute Gasteiger partial charge is 0.311 e. The summed E-state index contributed by atoms with van der Waals surface area (Å²) in [6.45, 7) is -0.0905. The van der Waals surface area contributed by atoms with E-state index in [0.29, 0.717) is 0 Å². The van der Waals surface area contributed by atoms with E-state index in [2.05, 4.69) is 328 Å². The molecule has 0 unspecified atom stereocenters. The van der Waals surface area contributed by atoms with Crippen molar-refractivity contribution in [3.8, 4) is 55.9 Å². The van der Waals surface area contributed by atoms with Gasteiger partial charge in [0.25, 0.3) is 6.71 Å². The molecule has 0 aliphatic carbocycles. The fourth-order valence-corrected chi connectivity index (χ4v) is 13.9. The van der Waals surface area contributed by atoms with Gasteiger partial charge in [-0.2, -0.15) is 0 Å². The fourth-order valence-electron chi connectivity index (χ4n) is 13.9. The van der Waals surface area contributed by atoms with Gasteiger partial charge < -0.3 is 18.9 Å². The highest BCUT2D eigenvalue weighted by Crippen LogP contribution is 2.49. The van der Waals surface area contributed by atoms with Crippen LogP contribution in [0.25, 0.3) is 99.5 Å². The van der Waals surface area contributed by atoms with E-state index in [0.717, 1.165) is 33.9 Å². The molecule has 83 heavy (non-hydrogen) atoms. The molecule has 0 radical (unpaired) electrons. The Balaban J connectivity index is 0.906. The summed E-state index contributed by atoms with van der Waals surface area (Å²) in [7, 11) is 0. The summed E-state index contributed by atoms with van der Waals surface area (Å²) < 4.78 is 4.79. The monoisotopic (exact) mass is 1050 g/mol. The molecular weight excluding hydrogens is 1000 g/mol. The SMILES string of the molecule is c1ccc(-c2ccccc2N2c3cc(-c4ccc5c(c4)c4ccccc4n5-c4ccccc4)ccc3B3c4ccc(-c5ccc6c(c5)c5ccccc5n6-c5ccccc5)cc4N(c4ccccc4-c4ccccc4)c4cccc2c43)cc1. The van der Waals surface area contributed by atoms with E-state index < -0.39 is 0 Å². The molecule has 4 heterocycles. The second-order valence-corrected chi connectivity index (χ2v) is 22.0. The number of hydrogen-bond donors (Lipinski definition) is 0. The maximum absolute atomic E-state index is 2.57. The maximum atomic E-state index is 2.57. The Morgan fingerprint density at radius 2 is 0.566 bits per heavy atom. The van der Waals surface area contributed by atoms with Crippen LogP contribution in [-0.4, -0.2) is 15.8 Å². The van der Waals surface area contributed by atoms with Gasteiger partial charge in [0.15, 0.2) is 0 Å². The predicted molar refractivity (Wildman–Crippen MR) is 351 cm³/mol. The quantitative estimate of drug-likeness (QED) is 0.141. The third kappa shape index (κ3) is 7.34. The average molecular weight is 1060 g/mol. The first-order valence-corrected chi connectivity index (χ1v) is 28.7. The Hall–Kier alpha value is -10.9. The van der Waals surface area contributed by atoms with Crippen LogP contribution in [-0.2, 0) is 0 Å². The van der Waals surface area contributed by atoms with Gasteiger partial charge in [-0.3, -0.25) is 0 Å². The standard InChI is InChI=1S/C78H51BN4/c1-5-22-52(23-6-1)60-30-13-17-34-68(60)82-74-38-21-39-75-78(74)79(66-44-40-56(50-76(66)82)54-42-46-72-64(48-54)62-32-15-19-36-70(62)80(72)58-26-9-3-10-27-58)67-45-41-57(51-77(67)83(75)69-35-18-14-31-61(69)53-24-7-2-8-25-53)55-43-47-73-65(49-55)63-33-16-20-37-71(63)81(73)59-28-11-4-12-29-59/h1-51H. The van der Waals surface area contributed by atoms with Gasteiger partial charge in [0.2, 0.25) is 0 Å². The van der Waals surface area contributed by atoms with Crippen LogP contribution in [0, 0.1) is 0 Å². The molecule has 15 aromatic rings. The molecule has 0 saturated carbocycles. The molecule has 17 rings (SSSR count). The van der Waals surface area contributed by atoms with Crippen LogP contribution in [0.3, 0.4) is 0 Å². The molecule has 386 valence electrons. The highest BCUT2D eigenvalue weighted by atomic mass is 15.2. The van der Waals surface area contributed by atoms with Crippen LogP contribution in [0.4, 0.5) is 34.1 Å². The van der Waals surface area contributed by atoms with Gasteiger partial charge in [0, 0.05) is 66.8 Å². The molecule has 0 fully saturated rings. The third-order valence-electron chi connectivity index (χ3n) is 17.5. The van der Waals surface area contributed by atoms with Gasteiger partial charge in [0.05, 0.1) is 33.4 Å². The van der Waals surface area contributed by atoms with Gasteiger partial charge in [-0.25, -0.2) is 0 Å². The smallest absolute Gasteiger partial charge is 0.252 e. The molecule has 0 amide bonds. The highest BCUT2D eigenvalue weighted by molar-refractivity contribution is 7.00. The van der Waals surface area contributed by atoms with Crippen LogP contribution in [0.5, 0.6) is 0 Å². The van der Waals surface area contributed by atoms with Gasteiger partial charge in [-0.1, -0.05) is 212 Å². The first-order valence-electron chi connectivity index (χ1n) is 28.7. The molecule has 2 aliphatic heterocycles. The number of rotatable bonds is 8. The first-order chi connectivity index (χ1) is 41.2. The summed E-state index contributed by atoms with van der Waals surface area (Å²) in [6.07, 6.45) is 0. The summed E-state index contributed by atoms with van der Waals surface area (Å²) in [5.74, 6) is 0. The lowest BCUT2D eigenvalue weighted by molar-refractivity contribution is 1.18. The van der Waals surface area contributed by atoms with E-state index in [9.17, 15) is 0 Å². The van der Waals surface area contributed by atoms with Crippen molar-refractivity contribution in [2.75, 3.05) is 9.80 Å². The molecule has 4 nitrogen and oxygen atoms in total. The number of anilines is 6. The van der Waals surface area contributed by atoms with Crippen molar-refractivity contribution in [2.45, 2.75) is 0 Å². The summed E-state index contributed by atoms with van der Waals surface area (Å²) in [6, 6.07) is 114. The number of para-hydroxylation sites is 6. The molecule has 2 aliphatic rings. The summed E-state index contributed by atoms with van der Waals surface area (Å²) in [5.41, 5.74) is 27.2. The van der Waals surface area contributed by atoms with E-state index in [-0.39, 0.29) is 6.71 Å². The van der Waals surface area contributed by atoms with E-state index in [1.54, 1.807) is 0 Å². The van der Waals surface area contributed by atoms with Crippen molar-refractivity contribution in [3.05, 3.63) is 309 Å². The third-order valence-corrected chi connectivity index (χ3v) is 17.5. The predicted octanol–water partition coefficient (Wildman–Crippen LogP) is 18.6. The van der Waals surface area contributed by atoms with Crippen LogP contribution in [0.1, 0.15) is 0 Å². The number of benzene rings is 13. The van der Waals surface area contributed by atoms with Gasteiger partial charge in [-0.15, -0.1) is 0 Å². The van der Waals surface area contributed by atoms with Crippen LogP contribution >= 0.6 is 0 Å². The summed E-state index contributed by atoms with van der Waals surface area (Å²) >= 11 is 0. The Morgan fingerprint density at radius 3 is 1.02 bits per heavy atom. The average Bonchev–Trinajstić information content (AvgIpc) is 3.61. The van der Waals surface area contributed by atoms with E-state index >= 15 is 0 Å². The first kappa shape index (κ1) is 47.0. The molecule has 0 spiro atoms. The van der Waals surface area contributed by atoms with Crippen molar-refractivity contribution in [1.29, 1.82) is 0 Å². The number of nitrogens with zero attached hydrogens (tertiary/aromatic N) is 4. The lowest BCUT2D eigenvalue weighted by atomic mass is 9.33. The molecule has 0 bridgehead atoms. The molecule has 0 N–H and O–H groups in total. The van der Waals surface area contributed by atoms with Crippen molar-refractivity contribution in [3.63, 3.8) is 0 Å². The molecule has 2 aromatic heterocycles. The van der Waals surface area contributed by atoms with Crippen molar-refractivity contribution >= 4 is 101 Å². The molecular formula is C78H51BN4. The topological polar surface area (TPSA) is 16.3 Å². The van der Waals surface area contributed by atoms with Crippen LogP contribution in [0.2, 0.25) is 0 Å². The number of aromatic nitrogens is 2. The number of fused-ring (bicyclic) bond motifs is 10. The van der Waals surface area contributed by atoms with E-state index in [1.165, 1.54) is 116 Å². The summed E-state index contributed by atoms with van der Waals surface area (Å²) in [5, 5.41) is 4.94. The molecule has 5 heteroatoms. The fraction of sp³-hybridized carbons (Fsp3) is 0. The van der Waals surface area contributed by atoms with Gasteiger partial charge in [-0.05, 0) is 147 Å². The minimum absolute atomic E-state index is 0.0905. The van der Waals surface area contributed by atoms with E-state index in [4.69, 9.17) is 0 Å². The van der Waals surface area contributed by atoms with E-state index in [1.807, 2.05) is 0 Å². The second-order valence-electron chi connectivity index (χ2n) is 22.0. The van der Waals surface area contributed by atoms with Crippen molar-refractivity contribution < 1.29 is 0 Å². The molecule has 0 atom stereocenters. The van der Waals surface area contributed by atoms with Crippen molar-refractivity contribution in [1.82, 2.24) is 9.13 Å². The van der Waals surface area contributed by atoms with Gasteiger partial charge >= 0.3 is 0 Å². The molecule has 13 aromatic carbocycles. The van der Waals surface area contributed by atoms with Gasteiger partial charge in [0.1, 0.15) is 0 Å². The lowest BCUT2D eigenvalue weighted by Gasteiger charge is -2.45. The maximum Gasteiger partial charge on any atom is 0.252 e. The second kappa shape index (κ2) is 18.9. The minimum atomic E-state index is -0.0905. The summed E-state index contributed by atoms with van der Waals surface area (Å²) in [4.78, 5) is 5.14. The number of hydrogen-bond acceptors (Lipinski definition) is 2. The highest BCUT2D eigenvalue weighted by Gasteiger charge is 2.44. The zero-order valence-corrected chi connectivity index (χ0v) is 45.3. The Bertz CT molecular complexity index is 4730. The normalized spacial score (nSPS) is 12.5. The Labute approximate surface area is 482 Å². The van der Waals surface area contributed by atoms with Crippen LogP contribution in [0.15, 0.2) is 309 Å². The zero-order valence-electron chi connectivity index (χ0n) is 45.3. The Morgan fingerprint density at radius 1 is 0.217 bits per heavy atom. The van der Waals surface area contributed by atoms with Crippen LogP contribution < -0.4 is 26.2 Å². The minimum Gasteiger partial charge on any atom is -0.311 e. The van der Waals surface area contributed by atoms with Crippen molar-refractivity contribution in [2.24, 2.45) is 0 Å². The lowest BCUT2D eigenvalue weighted by Crippen LogP contribution is -2.61. The Kier molecular flexibility index (Phi) is 10.7.